The van der Waals surface area contributed by atoms with Gasteiger partial charge in [-0.15, -0.1) is 0 Å². The van der Waals surface area contributed by atoms with Crippen molar-refractivity contribution in [1.29, 1.82) is 0 Å². The van der Waals surface area contributed by atoms with Gasteiger partial charge in [-0.3, -0.25) is 0 Å². The van der Waals surface area contributed by atoms with Crippen LogP contribution in [0.25, 0.3) is 0 Å². The quantitative estimate of drug-likeness (QED) is 0.881. The van der Waals surface area contributed by atoms with E-state index in [2.05, 4.69) is 15.9 Å². The molecule has 0 aliphatic heterocycles. The number of hydrogen-bond donors (Lipinski definition) is 2. The van der Waals surface area contributed by atoms with Crippen LogP contribution in [0.5, 0.6) is 5.75 Å². The van der Waals surface area contributed by atoms with E-state index in [4.69, 9.17) is 5.11 Å². The van der Waals surface area contributed by atoms with E-state index >= 15 is 0 Å². The van der Waals surface area contributed by atoms with E-state index in [0.717, 1.165) is 6.07 Å². The molecule has 2 nitrogen and oxygen atoms in total. The molecule has 0 saturated carbocycles. The summed E-state index contributed by atoms with van der Waals surface area (Å²) in [6.45, 7) is 1.49. The molecule has 0 amide bonds. The third-order valence-electron chi connectivity index (χ3n) is 2.00. The van der Waals surface area contributed by atoms with Crippen LogP contribution in [0.2, 0.25) is 0 Å². The molecule has 0 spiro atoms. The monoisotopic (exact) mass is 298 g/mol. The lowest BCUT2D eigenvalue weighted by Crippen LogP contribution is -2.08. The van der Waals surface area contributed by atoms with Crippen molar-refractivity contribution in [2.75, 3.05) is 0 Å². The molecule has 0 fully saturated rings. The van der Waals surface area contributed by atoms with Gasteiger partial charge in [0.1, 0.15) is 5.75 Å². The van der Waals surface area contributed by atoms with Gasteiger partial charge in [0.15, 0.2) is 0 Å². The summed E-state index contributed by atoms with van der Waals surface area (Å²) in [7, 11) is 0. The van der Waals surface area contributed by atoms with Crippen molar-refractivity contribution in [3.63, 3.8) is 0 Å². The summed E-state index contributed by atoms with van der Waals surface area (Å²) >= 11 is 2.95. The van der Waals surface area contributed by atoms with Crippen LogP contribution in [0.4, 0.5) is 13.2 Å². The Kier molecular flexibility index (Phi) is 3.85. The Morgan fingerprint density at radius 2 is 1.94 bits per heavy atom. The molecule has 1 aromatic rings. The lowest BCUT2D eigenvalue weighted by Gasteiger charge is -2.13. The second-order valence-electron chi connectivity index (χ2n) is 3.51. The predicted octanol–water partition coefficient (Wildman–Crippen LogP) is 3.10. The summed E-state index contributed by atoms with van der Waals surface area (Å²) in [5, 5.41) is 18.6. The Labute approximate surface area is 98.8 Å². The number of phenolic OH excluding ortho intramolecular Hbond substituents is 1. The van der Waals surface area contributed by atoms with Gasteiger partial charge in [-0.25, -0.2) is 0 Å². The predicted molar refractivity (Wildman–Crippen MR) is 56.2 cm³/mol. The fraction of sp³-hybridized carbons (Fsp3) is 0.400. The smallest absolute Gasteiger partial charge is 0.416 e. The molecule has 1 aromatic carbocycles. The first-order chi connectivity index (χ1) is 7.21. The Balaban J connectivity index is 3.18. The van der Waals surface area contributed by atoms with Crippen molar-refractivity contribution in [3.05, 3.63) is 27.7 Å². The zero-order valence-corrected chi connectivity index (χ0v) is 9.93. The van der Waals surface area contributed by atoms with Crippen molar-refractivity contribution >= 4 is 15.9 Å². The normalized spacial score (nSPS) is 13.9. The number of aliphatic hydroxyl groups excluding tert-OH is 1. The molecule has 0 aliphatic rings. The number of aliphatic hydroxyl groups is 1. The molecule has 0 aliphatic carbocycles. The number of benzene rings is 1. The van der Waals surface area contributed by atoms with E-state index in [1.54, 1.807) is 0 Å². The molecule has 6 heteroatoms. The van der Waals surface area contributed by atoms with Gasteiger partial charge in [-0.1, -0.05) is 15.9 Å². The van der Waals surface area contributed by atoms with Gasteiger partial charge in [0, 0.05) is 16.5 Å². The second-order valence-corrected chi connectivity index (χ2v) is 4.36. The first-order valence-electron chi connectivity index (χ1n) is 4.48. The highest BCUT2D eigenvalue weighted by Crippen LogP contribution is 2.37. The Morgan fingerprint density at radius 1 is 1.38 bits per heavy atom. The number of phenols is 1. The summed E-state index contributed by atoms with van der Waals surface area (Å²) in [4.78, 5) is 0. The summed E-state index contributed by atoms with van der Waals surface area (Å²) < 4.78 is 37.2. The highest BCUT2D eigenvalue weighted by Gasteiger charge is 2.32. The van der Waals surface area contributed by atoms with E-state index in [0.29, 0.717) is 6.07 Å². The molecule has 0 radical (unpaired) electrons. The van der Waals surface area contributed by atoms with Crippen LogP contribution in [0.1, 0.15) is 18.1 Å². The molecule has 0 bridgehead atoms. The van der Waals surface area contributed by atoms with Crippen LogP contribution >= 0.6 is 15.9 Å². The second kappa shape index (κ2) is 4.63. The highest BCUT2D eigenvalue weighted by molar-refractivity contribution is 9.10. The molecule has 1 unspecified atom stereocenters. The SMILES string of the molecule is CC(O)Cc1c(O)cc(C(F)(F)F)cc1Br. The standard InChI is InChI=1S/C10H10BrF3O2/c1-5(15)2-7-8(11)3-6(4-9(7)16)10(12,13)14/h3-5,15-16H,2H2,1H3. The zero-order chi connectivity index (χ0) is 12.5. The minimum atomic E-state index is -4.50. The molecule has 90 valence electrons. The van der Waals surface area contributed by atoms with Crippen molar-refractivity contribution in [3.8, 4) is 5.75 Å². The van der Waals surface area contributed by atoms with Crippen molar-refractivity contribution in [2.45, 2.75) is 25.6 Å². The first kappa shape index (κ1) is 13.3. The average Bonchev–Trinajstić information content (AvgIpc) is 2.09. The third kappa shape index (κ3) is 3.12. The van der Waals surface area contributed by atoms with E-state index in [1.807, 2.05) is 0 Å². The zero-order valence-electron chi connectivity index (χ0n) is 8.35. The molecule has 0 saturated heterocycles. The van der Waals surface area contributed by atoms with E-state index in [-0.39, 0.29) is 16.5 Å². The summed E-state index contributed by atoms with van der Waals surface area (Å²) in [6.07, 6.45) is -5.15. The van der Waals surface area contributed by atoms with Gasteiger partial charge in [0.25, 0.3) is 0 Å². The molecular weight excluding hydrogens is 289 g/mol. The lowest BCUT2D eigenvalue weighted by atomic mass is 10.0. The molecule has 0 heterocycles. The van der Waals surface area contributed by atoms with Gasteiger partial charge >= 0.3 is 6.18 Å². The van der Waals surface area contributed by atoms with Crippen LogP contribution < -0.4 is 0 Å². The number of rotatable bonds is 2. The maximum atomic E-state index is 12.4. The molecular formula is C10H10BrF3O2. The fourth-order valence-electron chi connectivity index (χ4n) is 1.28. The van der Waals surface area contributed by atoms with E-state index < -0.39 is 23.6 Å². The molecule has 16 heavy (non-hydrogen) atoms. The minimum absolute atomic E-state index is 0.0879. The van der Waals surface area contributed by atoms with Gasteiger partial charge < -0.3 is 10.2 Å². The number of halogens is 4. The summed E-state index contributed by atoms with van der Waals surface area (Å²) in [6, 6.07) is 1.54. The number of hydrogen-bond acceptors (Lipinski definition) is 2. The van der Waals surface area contributed by atoms with Crippen molar-refractivity contribution in [2.24, 2.45) is 0 Å². The Hall–Kier alpha value is -0.750. The van der Waals surface area contributed by atoms with Crippen molar-refractivity contribution < 1.29 is 23.4 Å². The van der Waals surface area contributed by atoms with E-state index in [1.165, 1.54) is 6.92 Å². The van der Waals surface area contributed by atoms with Crippen LogP contribution in [-0.4, -0.2) is 16.3 Å². The van der Waals surface area contributed by atoms with Crippen molar-refractivity contribution in [1.82, 2.24) is 0 Å². The Bertz CT molecular complexity index is 365. The summed E-state index contributed by atoms with van der Waals surface area (Å²) in [5.74, 6) is -0.470. The Morgan fingerprint density at radius 3 is 2.31 bits per heavy atom. The first-order valence-corrected chi connectivity index (χ1v) is 5.27. The molecule has 1 atom stereocenters. The lowest BCUT2D eigenvalue weighted by molar-refractivity contribution is -0.137. The summed E-state index contributed by atoms with van der Waals surface area (Å²) in [5.41, 5.74) is -0.658. The van der Waals surface area contributed by atoms with Crippen LogP contribution in [0.3, 0.4) is 0 Å². The molecule has 2 N–H and O–H groups in total. The minimum Gasteiger partial charge on any atom is -0.508 e. The average molecular weight is 299 g/mol. The number of alkyl halides is 3. The van der Waals surface area contributed by atoms with Crippen LogP contribution in [0.15, 0.2) is 16.6 Å². The highest BCUT2D eigenvalue weighted by atomic mass is 79.9. The maximum absolute atomic E-state index is 12.4. The van der Waals surface area contributed by atoms with Crippen LogP contribution in [-0.2, 0) is 12.6 Å². The van der Waals surface area contributed by atoms with E-state index in [9.17, 15) is 18.3 Å². The third-order valence-corrected chi connectivity index (χ3v) is 2.71. The number of aromatic hydroxyl groups is 1. The van der Waals surface area contributed by atoms with Gasteiger partial charge in [0.05, 0.1) is 11.7 Å². The largest absolute Gasteiger partial charge is 0.508 e. The fourth-order valence-corrected chi connectivity index (χ4v) is 1.89. The molecule has 1 rings (SSSR count). The van der Waals surface area contributed by atoms with Gasteiger partial charge in [0.2, 0.25) is 0 Å². The van der Waals surface area contributed by atoms with Crippen LogP contribution in [0, 0.1) is 0 Å². The van der Waals surface area contributed by atoms with Gasteiger partial charge in [-0.05, 0) is 19.1 Å². The topological polar surface area (TPSA) is 40.5 Å². The molecule has 0 aromatic heterocycles. The van der Waals surface area contributed by atoms with Gasteiger partial charge in [-0.2, -0.15) is 13.2 Å². The maximum Gasteiger partial charge on any atom is 0.416 e.